The van der Waals surface area contributed by atoms with E-state index in [1.54, 1.807) is 0 Å². The molecule has 37 heavy (non-hydrogen) atoms. The summed E-state index contributed by atoms with van der Waals surface area (Å²) in [5, 5.41) is 0. The second-order valence-corrected chi connectivity index (χ2v) is 10.3. The molecule has 0 radical (unpaired) electrons. The Morgan fingerprint density at radius 2 is 1.38 bits per heavy atom. The first kappa shape index (κ1) is 24.8. The zero-order valence-electron chi connectivity index (χ0n) is 22.0. The number of nitrogens with zero attached hydrogens (tertiary/aromatic N) is 2. The SMILES string of the molecule is C=C1C(CCCc2ccc(C)cc2)C(c2ccc(-c3ccc(N(C)C)cc3)cc2)N1c1ccc(F)cc1. The molecule has 2 atom stereocenters. The van der Waals surface area contributed by atoms with Crippen molar-refractivity contribution in [2.75, 3.05) is 23.9 Å². The Morgan fingerprint density at radius 1 is 0.784 bits per heavy atom. The van der Waals surface area contributed by atoms with Gasteiger partial charge >= 0.3 is 0 Å². The van der Waals surface area contributed by atoms with Crippen molar-refractivity contribution in [3.63, 3.8) is 0 Å². The van der Waals surface area contributed by atoms with E-state index < -0.39 is 0 Å². The van der Waals surface area contributed by atoms with E-state index in [0.29, 0.717) is 5.92 Å². The third kappa shape index (κ3) is 5.32. The van der Waals surface area contributed by atoms with Crippen LogP contribution in [0.2, 0.25) is 0 Å². The fourth-order valence-electron chi connectivity index (χ4n) is 5.38. The number of benzene rings is 4. The van der Waals surface area contributed by atoms with Crippen LogP contribution in [0.4, 0.5) is 15.8 Å². The Morgan fingerprint density at radius 3 is 1.97 bits per heavy atom. The van der Waals surface area contributed by atoms with Gasteiger partial charge in [0.05, 0.1) is 6.04 Å². The minimum Gasteiger partial charge on any atom is -0.378 e. The van der Waals surface area contributed by atoms with E-state index >= 15 is 0 Å². The molecule has 0 aliphatic carbocycles. The van der Waals surface area contributed by atoms with Crippen molar-refractivity contribution in [3.05, 3.63) is 132 Å². The maximum Gasteiger partial charge on any atom is 0.123 e. The maximum absolute atomic E-state index is 13.6. The summed E-state index contributed by atoms with van der Waals surface area (Å²) in [5.41, 5.74) is 9.66. The quantitative estimate of drug-likeness (QED) is 0.244. The van der Waals surface area contributed by atoms with E-state index in [-0.39, 0.29) is 11.9 Å². The Bertz CT molecular complexity index is 1340. The van der Waals surface area contributed by atoms with E-state index in [2.05, 4.69) is 110 Å². The average molecular weight is 491 g/mol. The van der Waals surface area contributed by atoms with Gasteiger partial charge in [-0.05, 0) is 84.8 Å². The second kappa shape index (κ2) is 10.6. The molecular weight excluding hydrogens is 455 g/mol. The molecule has 0 saturated carbocycles. The molecule has 0 bridgehead atoms. The molecule has 0 spiro atoms. The lowest BCUT2D eigenvalue weighted by Gasteiger charge is -2.52. The molecule has 2 unspecified atom stereocenters. The molecule has 188 valence electrons. The molecular formula is C34H35FN2. The number of hydrogen-bond acceptors (Lipinski definition) is 2. The number of rotatable bonds is 8. The van der Waals surface area contributed by atoms with Crippen molar-refractivity contribution >= 4 is 11.4 Å². The van der Waals surface area contributed by atoms with Gasteiger partial charge in [-0.25, -0.2) is 4.39 Å². The lowest BCUT2D eigenvalue weighted by molar-refractivity contribution is 0.341. The highest BCUT2D eigenvalue weighted by Gasteiger charge is 2.43. The number of aryl methyl sites for hydroxylation is 2. The van der Waals surface area contributed by atoms with Gasteiger partial charge in [0.15, 0.2) is 0 Å². The van der Waals surface area contributed by atoms with Gasteiger partial charge < -0.3 is 9.80 Å². The highest BCUT2D eigenvalue weighted by atomic mass is 19.1. The van der Waals surface area contributed by atoms with Crippen LogP contribution in [0.1, 0.15) is 35.6 Å². The summed E-state index contributed by atoms with van der Waals surface area (Å²) in [6.07, 6.45) is 3.24. The first-order valence-corrected chi connectivity index (χ1v) is 13.1. The van der Waals surface area contributed by atoms with Crippen molar-refractivity contribution in [2.24, 2.45) is 5.92 Å². The largest absolute Gasteiger partial charge is 0.378 e. The fraction of sp³-hybridized carbons (Fsp3) is 0.235. The van der Waals surface area contributed by atoms with Crippen LogP contribution in [-0.2, 0) is 6.42 Å². The summed E-state index contributed by atoms with van der Waals surface area (Å²) < 4.78 is 13.6. The van der Waals surface area contributed by atoms with Crippen LogP contribution in [0.3, 0.4) is 0 Å². The first-order chi connectivity index (χ1) is 17.9. The highest BCUT2D eigenvalue weighted by Crippen LogP contribution is 2.51. The molecule has 0 amide bonds. The molecule has 3 heteroatoms. The fourth-order valence-corrected chi connectivity index (χ4v) is 5.38. The van der Waals surface area contributed by atoms with Gasteiger partial charge in [0.2, 0.25) is 0 Å². The minimum absolute atomic E-state index is 0.196. The van der Waals surface area contributed by atoms with Gasteiger partial charge in [0.25, 0.3) is 0 Å². The molecule has 0 aromatic heterocycles. The van der Waals surface area contributed by atoms with E-state index in [9.17, 15) is 4.39 Å². The van der Waals surface area contributed by atoms with Crippen LogP contribution >= 0.6 is 0 Å². The van der Waals surface area contributed by atoms with Crippen molar-refractivity contribution in [2.45, 2.75) is 32.2 Å². The predicted molar refractivity (Wildman–Crippen MR) is 155 cm³/mol. The summed E-state index contributed by atoms with van der Waals surface area (Å²) in [6.45, 7) is 6.58. The average Bonchev–Trinajstić information content (AvgIpc) is 2.91. The molecule has 5 rings (SSSR count). The molecule has 2 nitrogen and oxygen atoms in total. The van der Waals surface area contributed by atoms with Crippen molar-refractivity contribution < 1.29 is 4.39 Å². The van der Waals surface area contributed by atoms with Crippen molar-refractivity contribution in [1.82, 2.24) is 0 Å². The van der Waals surface area contributed by atoms with Gasteiger partial charge in [0, 0.05) is 37.1 Å². The summed E-state index contributed by atoms with van der Waals surface area (Å²) >= 11 is 0. The van der Waals surface area contributed by atoms with E-state index in [1.807, 2.05) is 12.1 Å². The molecule has 1 fully saturated rings. The van der Waals surface area contributed by atoms with Crippen LogP contribution < -0.4 is 9.80 Å². The van der Waals surface area contributed by atoms with Crippen LogP contribution in [0.5, 0.6) is 0 Å². The molecule has 0 N–H and O–H groups in total. The zero-order chi connectivity index (χ0) is 25.9. The number of halogens is 1. The predicted octanol–water partition coefficient (Wildman–Crippen LogP) is 8.58. The Labute approximate surface area is 220 Å². The van der Waals surface area contributed by atoms with Crippen LogP contribution in [0, 0.1) is 18.7 Å². The molecule has 1 heterocycles. The van der Waals surface area contributed by atoms with Crippen molar-refractivity contribution in [3.8, 4) is 11.1 Å². The lowest BCUT2D eigenvalue weighted by Crippen LogP contribution is -2.47. The van der Waals surface area contributed by atoms with Crippen LogP contribution in [0.15, 0.2) is 109 Å². The number of anilines is 2. The first-order valence-electron chi connectivity index (χ1n) is 13.1. The zero-order valence-corrected chi connectivity index (χ0v) is 22.0. The monoisotopic (exact) mass is 490 g/mol. The molecule has 4 aromatic rings. The second-order valence-electron chi connectivity index (χ2n) is 10.3. The van der Waals surface area contributed by atoms with E-state index in [4.69, 9.17) is 0 Å². The summed E-state index contributed by atoms with van der Waals surface area (Å²) in [7, 11) is 4.11. The standard InChI is InChI=1S/C34H35FN2/c1-24-8-10-26(11-9-24)6-5-7-33-25(2)37(32-22-18-30(35)19-23-32)34(33)29-14-12-27(13-15-29)28-16-20-31(21-17-28)36(3)4/h8-23,33-34H,2,5-7H2,1,3-4H3. The van der Waals surface area contributed by atoms with Gasteiger partial charge in [-0.2, -0.15) is 0 Å². The Kier molecular flexibility index (Phi) is 7.14. The highest BCUT2D eigenvalue weighted by molar-refractivity contribution is 5.67. The van der Waals surface area contributed by atoms with E-state index in [1.165, 1.54) is 45.6 Å². The molecule has 1 saturated heterocycles. The molecule has 1 aliphatic rings. The van der Waals surface area contributed by atoms with E-state index in [0.717, 1.165) is 30.6 Å². The Hall–Kier alpha value is -3.85. The normalized spacial score (nSPS) is 17.0. The van der Waals surface area contributed by atoms with Crippen molar-refractivity contribution in [1.29, 1.82) is 0 Å². The smallest absolute Gasteiger partial charge is 0.123 e. The third-order valence-corrected chi connectivity index (χ3v) is 7.57. The van der Waals surface area contributed by atoms with Gasteiger partial charge in [-0.3, -0.25) is 0 Å². The summed E-state index contributed by atoms with van der Waals surface area (Å²) in [4.78, 5) is 4.39. The van der Waals surface area contributed by atoms with Gasteiger partial charge in [-0.15, -0.1) is 0 Å². The van der Waals surface area contributed by atoms with Gasteiger partial charge in [-0.1, -0.05) is 72.8 Å². The molecule has 4 aromatic carbocycles. The minimum atomic E-state index is -0.217. The number of hydrogen-bond donors (Lipinski definition) is 0. The van der Waals surface area contributed by atoms with Crippen LogP contribution in [0.25, 0.3) is 11.1 Å². The van der Waals surface area contributed by atoms with Gasteiger partial charge in [0.1, 0.15) is 5.82 Å². The Balaban J connectivity index is 1.36. The summed E-state index contributed by atoms with van der Waals surface area (Å²) in [6, 6.07) is 33.4. The van der Waals surface area contributed by atoms with Crippen LogP contribution in [-0.4, -0.2) is 14.1 Å². The lowest BCUT2D eigenvalue weighted by atomic mass is 9.76. The third-order valence-electron chi connectivity index (χ3n) is 7.57. The molecule has 1 aliphatic heterocycles. The summed E-state index contributed by atoms with van der Waals surface area (Å²) in [5.74, 6) is 0.145. The topological polar surface area (TPSA) is 6.48 Å². The maximum atomic E-state index is 13.6.